The Hall–Kier alpha value is -3.11. The number of hydrogen-bond acceptors (Lipinski definition) is 5. The van der Waals surface area contributed by atoms with Crippen LogP contribution in [0.2, 0.25) is 0 Å². The number of piperidine rings is 1. The molecule has 3 heterocycles. The Morgan fingerprint density at radius 2 is 2.03 bits per heavy atom. The van der Waals surface area contributed by atoms with Crippen LogP contribution in [0.25, 0.3) is 0 Å². The quantitative estimate of drug-likeness (QED) is 0.608. The fourth-order valence-corrected chi connectivity index (χ4v) is 4.20. The van der Waals surface area contributed by atoms with Crippen LogP contribution in [-0.4, -0.2) is 63.1 Å². The molecule has 0 bridgehead atoms. The minimum Gasteiger partial charge on any atom is -0.354 e. The van der Waals surface area contributed by atoms with Gasteiger partial charge in [0.05, 0.1) is 6.54 Å². The second-order valence-electron chi connectivity index (χ2n) is 8.88. The Morgan fingerprint density at radius 3 is 2.73 bits per heavy atom. The fourth-order valence-electron chi connectivity index (χ4n) is 4.20. The van der Waals surface area contributed by atoms with Crippen molar-refractivity contribution in [2.75, 3.05) is 18.4 Å². The van der Waals surface area contributed by atoms with E-state index in [2.05, 4.69) is 25.8 Å². The minimum absolute atomic E-state index is 0.0561. The number of anilines is 2. The van der Waals surface area contributed by atoms with E-state index in [1.54, 1.807) is 25.1 Å². The Bertz CT molecular complexity index is 1040. The summed E-state index contributed by atoms with van der Waals surface area (Å²) in [5.41, 5.74) is 1.43. The topological polar surface area (TPSA) is 103 Å². The molecule has 1 saturated carbocycles. The number of aryl methyl sites for hydroxylation is 1. The zero-order valence-electron chi connectivity index (χ0n) is 18.5. The maximum atomic E-state index is 14.1. The molecule has 178 valence electrons. The van der Waals surface area contributed by atoms with E-state index in [-0.39, 0.29) is 36.9 Å². The SMILES string of the molecule is CC(=O)NCC1CCC(F)(F)CN1C(=O)c1nc(Nc2cc(C3CC(F)C3)[nH]n2)ccc1C. The van der Waals surface area contributed by atoms with Gasteiger partial charge in [-0.3, -0.25) is 14.7 Å². The van der Waals surface area contributed by atoms with Crippen LogP contribution < -0.4 is 10.6 Å². The van der Waals surface area contributed by atoms with Crippen molar-refractivity contribution in [1.29, 1.82) is 0 Å². The summed E-state index contributed by atoms with van der Waals surface area (Å²) in [5.74, 6) is -3.00. The van der Waals surface area contributed by atoms with Crippen LogP contribution in [0.3, 0.4) is 0 Å². The van der Waals surface area contributed by atoms with Crippen LogP contribution in [0.5, 0.6) is 0 Å². The number of nitrogens with one attached hydrogen (secondary N) is 3. The van der Waals surface area contributed by atoms with Gasteiger partial charge in [0.2, 0.25) is 5.91 Å². The monoisotopic (exact) mass is 464 g/mol. The number of aromatic nitrogens is 3. The third-order valence-electron chi connectivity index (χ3n) is 6.21. The molecule has 1 saturated heterocycles. The summed E-state index contributed by atoms with van der Waals surface area (Å²) in [6.45, 7) is 2.40. The van der Waals surface area contributed by atoms with Gasteiger partial charge in [-0.25, -0.2) is 18.2 Å². The molecular formula is C22H27F3N6O2. The smallest absolute Gasteiger partial charge is 0.273 e. The molecule has 1 unspecified atom stereocenters. The maximum Gasteiger partial charge on any atom is 0.273 e. The predicted octanol–water partition coefficient (Wildman–Crippen LogP) is 3.45. The van der Waals surface area contributed by atoms with Crippen LogP contribution in [-0.2, 0) is 4.79 Å². The zero-order valence-corrected chi connectivity index (χ0v) is 18.5. The summed E-state index contributed by atoms with van der Waals surface area (Å²) in [5, 5.41) is 12.7. The van der Waals surface area contributed by atoms with Crippen molar-refractivity contribution in [2.24, 2.45) is 0 Å². The molecule has 2 aromatic heterocycles. The van der Waals surface area contributed by atoms with E-state index in [4.69, 9.17) is 0 Å². The van der Waals surface area contributed by atoms with Gasteiger partial charge < -0.3 is 15.5 Å². The molecular weight excluding hydrogens is 437 g/mol. The van der Waals surface area contributed by atoms with Crippen molar-refractivity contribution in [3.05, 3.63) is 35.2 Å². The fraction of sp³-hybridized carbons (Fsp3) is 0.545. The normalized spacial score (nSPS) is 24.2. The first-order chi connectivity index (χ1) is 15.6. The molecule has 2 aromatic rings. The summed E-state index contributed by atoms with van der Waals surface area (Å²) in [6.07, 6.45) is -0.126. The lowest BCUT2D eigenvalue weighted by molar-refractivity contribution is -0.119. The van der Waals surface area contributed by atoms with Gasteiger partial charge in [0.25, 0.3) is 11.8 Å². The molecule has 3 N–H and O–H groups in total. The third kappa shape index (κ3) is 5.28. The highest BCUT2D eigenvalue weighted by Crippen LogP contribution is 2.38. The average Bonchev–Trinajstić information content (AvgIpc) is 3.18. The van der Waals surface area contributed by atoms with Crippen LogP contribution in [0.4, 0.5) is 24.8 Å². The molecule has 0 spiro atoms. The zero-order chi connectivity index (χ0) is 23.8. The molecule has 8 nitrogen and oxygen atoms in total. The average molecular weight is 464 g/mol. The number of nitrogens with zero attached hydrogens (tertiary/aromatic N) is 3. The maximum absolute atomic E-state index is 14.1. The van der Waals surface area contributed by atoms with Crippen LogP contribution in [0.15, 0.2) is 18.2 Å². The number of H-pyrrole nitrogens is 1. The Kier molecular flexibility index (Phi) is 6.31. The van der Waals surface area contributed by atoms with Crippen LogP contribution >= 0.6 is 0 Å². The summed E-state index contributed by atoms with van der Waals surface area (Å²) in [4.78, 5) is 30.1. The third-order valence-corrected chi connectivity index (χ3v) is 6.21. The van der Waals surface area contributed by atoms with Gasteiger partial charge in [-0.2, -0.15) is 5.10 Å². The Labute approximate surface area is 189 Å². The first-order valence-corrected chi connectivity index (χ1v) is 11.0. The second-order valence-corrected chi connectivity index (χ2v) is 8.88. The van der Waals surface area contributed by atoms with E-state index in [9.17, 15) is 22.8 Å². The van der Waals surface area contributed by atoms with Gasteiger partial charge in [0, 0.05) is 43.6 Å². The van der Waals surface area contributed by atoms with Crippen LogP contribution in [0.1, 0.15) is 60.3 Å². The summed E-state index contributed by atoms with van der Waals surface area (Å²) in [6, 6.07) is 4.57. The van der Waals surface area contributed by atoms with Gasteiger partial charge in [-0.1, -0.05) is 6.07 Å². The van der Waals surface area contributed by atoms with Crippen molar-refractivity contribution in [1.82, 2.24) is 25.4 Å². The first kappa shape index (κ1) is 23.1. The standard InChI is InChI=1S/C22H27F3N6O2/c1-12-3-4-18(27-19-9-17(29-30-19)14-7-15(23)8-14)28-20(12)21(33)31-11-22(24,25)6-5-16(31)10-26-13(2)32/h3-4,9,14-16H,5-8,10-11H2,1-2H3,(H,26,32)(H2,27,28,29,30). The molecule has 11 heteroatoms. The lowest BCUT2D eigenvalue weighted by Crippen LogP contribution is -2.55. The molecule has 0 radical (unpaired) electrons. The number of hydrogen-bond donors (Lipinski definition) is 3. The molecule has 2 amide bonds. The van der Waals surface area contributed by atoms with Gasteiger partial charge in [-0.05, 0) is 37.8 Å². The van der Waals surface area contributed by atoms with E-state index in [0.717, 1.165) is 10.6 Å². The molecule has 33 heavy (non-hydrogen) atoms. The molecule has 1 atom stereocenters. The van der Waals surface area contributed by atoms with Crippen molar-refractivity contribution in [2.45, 2.75) is 63.6 Å². The van der Waals surface area contributed by atoms with Gasteiger partial charge in [-0.15, -0.1) is 0 Å². The van der Waals surface area contributed by atoms with E-state index in [1.807, 2.05) is 0 Å². The van der Waals surface area contributed by atoms with Gasteiger partial charge in [0.1, 0.15) is 17.7 Å². The lowest BCUT2D eigenvalue weighted by Gasteiger charge is -2.39. The van der Waals surface area contributed by atoms with Crippen molar-refractivity contribution < 1.29 is 22.8 Å². The van der Waals surface area contributed by atoms with E-state index >= 15 is 0 Å². The van der Waals surface area contributed by atoms with Gasteiger partial charge >= 0.3 is 0 Å². The van der Waals surface area contributed by atoms with Gasteiger partial charge in [0.15, 0.2) is 5.82 Å². The Morgan fingerprint density at radius 1 is 1.27 bits per heavy atom. The molecule has 2 fully saturated rings. The number of amides is 2. The van der Waals surface area contributed by atoms with Crippen molar-refractivity contribution >= 4 is 23.5 Å². The molecule has 0 aromatic carbocycles. The molecule has 1 aliphatic heterocycles. The molecule has 2 aliphatic rings. The number of aromatic amines is 1. The second kappa shape index (κ2) is 9.03. The summed E-state index contributed by atoms with van der Waals surface area (Å²) in [7, 11) is 0. The van der Waals surface area contributed by atoms with E-state index in [1.165, 1.54) is 6.92 Å². The van der Waals surface area contributed by atoms with E-state index in [0.29, 0.717) is 30.0 Å². The largest absolute Gasteiger partial charge is 0.354 e. The highest BCUT2D eigenvalue weighted by molar-refractivity contribution is 5.94. The highest BCUT2D eigenvalue weighted by Gasteiger charge is 2.43. The number of likely N-dealkylation sites (tertiary alicyclic amines) is 1. The first-order valence-electron chi connectivity index (χ1n) is 11.0. The number of alkyl halides is 3. The number of rotatable bonds is 6. The summed E-state index contributed by atoms with van der Waals surface area (Å²) >= 11 is 0. The minimum atomic E-state index is -3.00. The highest BCUT2D eigenvalue weighted by atomic mass is 19.3. The lowest BCUT2D eigenvalue weighted by atomic mass is 9.81. The number of carbonyl (C=O) groups is 2. The van der Waals surface area contributed by atoms with Crippen molar-refractivity contribution in [3.8, 4) is 0 Å². The number of pyridine rings is 1. The van der Waals surface area contributed by atoms with E-state index < -0.39 is 30.6 Å². The molecule has 1 aliphatic carbocycles. The molecule has 4 rings (SSSR count). The Balaban J connectivity index is 1.51. The summed E-state index contributed by atoms with van der Waals surface area (Å²) < 4.78 is 41.4. The van der Waals surface area contributed by atoms with Crippen molar-refractivity contribution in [3.63, 3.8) is 0 Å². The predicted molar refractivity (Wildman–Crippen MR) is 115 cm³/mol. The number of carbonyl (C=O) groups excluding carboxylic acids is 2. The van der Waals surface area contributed by atoms with Crippen LogP contribution in [0, 0.1) is 6.92 Å². The number of halogens is 3.